The molecule has 4 rings (SSSR count). The van der Waals surface area contributed by atoms with Crippen LogP contribution in [0.5, 0.6) is 0 Å². The van der Waals surface area contributed by atoms with Crippen molar-refractivity contribution in [2.24, 2.45) is 5.92 Å². The predicted molar refractivity (Wildman–Crippen MR) is 107 cm³/mol. The van der Waals surface area contributed by atoms with E-state index in [9.17, 15) is 4.79 Å². The van der Waals surface area contributed by atoms with Crippen LogP contribution in [0.4, 0.5) is 5.95 Å². The van der Waals surface area contributed by atoms with Crippen LogP contribution in [0, 0.1) is 5.92 Å². The fourth-order valence-corrected chi connectivity index (χ4v) is 4.37. The zero-order chi connectivity index (χ0) is 17.9. The number of thiophene rings is 1. The number of aryl methyl sites for hydroxylation is 1. The summed E-state index contributed by atoms with van der Waals surface area (Å²) in [6.07, 6.45) is 1.96. The number of carbonyl (C=O) groups excluding carboxylic acids is 1. The van der Waals surface area contributed by atoms with Gasteiger partial charge in [-0.2, -0.15) is 0 Å². The number of nitrogens with one attached hydrogen (secondary N) is 1. The lowest BCUT2D eigenvalue weighted by Gasteiger charge is -2.33. The van der Waals surface area contributed by atoms with Crippen LogP contribution >= 0.6 is 11.3 Å². The third kappa shape index (κ3) is 3.33. The smallest absolute Gasteiger partial charge is 0.225 e. The van der Waals surface area contributed by atoms with E-state index in [1.807, 2.05) is 17.5 Å². The maximum absolute atomic E-state index is 12.6. The van der Waals surface area contributed by atoms with Crippen molar-refractivity contribution in [2.45, 2.75) is 32.9 Å². The van der Waals surface area contributed by atoms with Gasteiger partial charge in [0.25, 0.3) is 0 Å². The Bertz CT molecular complexity index is 886. The van der Waals surface area contributed by atoms with Crippen LogP contribution in [-0.2, 0) is 17.9 Å². The molecule has 5 nitrogen and oxygen atoms in total. The molecule has 6 heteroatoms. The Morgan fingerprint density at radius 1 is 1.31 bits per heavy atom. The van der Waals surface area contributed by atoms with Crippen LogP contribution in [0.25, 0.3) is 11.0 Å². The average molecular weight is 369 g/mol. The van der Waals surface area contributed by atoms with E-state index in [0.717, 1.165) is 49.5 Å². The fraction of sp³-hybridized carbons (Fsp3) is 0.400. The van der Waals surface area contributed by atoms with Crippen molar-refractivity contribution in [1.29, 1.82) is 0 Å². The largest absolute Gasteiger partial charge is 0.351 e. The number of rotatable bonds is 5. The minimum atomic E-state index is 0.0221. The Balaban J connectivity index is 1.49. The van der Waals surface area contributed by atoms with Crippen LogP contribution < -0.4 is 10.2 Å². The van der Waals surface area contributed by atoms with E-state index in [1.54, 1.807) is 11.3 Å². The molecule has 26 heavy (non-hydrogen) atoms. The molecule has 3 heterocycles. The molecule has 1 atom stereocenters. The van der Waals surface area contributed by atoms with Crippen LogP contribution in [0.15, 0.2) is 41.8 Å². The predicted octanol–water partition coefficient (Wildman–Crippen LogP) is 3.65. The van der Waals surface area contributed by atoms with Crippen LogP contribution in [0.2, 0.25) is 0 Å². The van der Waals surface area contributed by atoms with Crippen molar-refractivity contribution in [3.8, 4) is 0 Å². The van der Waals surface area contributed by atoms with Crippen LogP contribution in [0.1, 0.15) is 24.6 Å². The summed E-state index contributed by atoms with van der Waals surface area (Å²) in [5, 5.41) is 5.14. The van der Waals surface area contributed by atoms with Gasteiger partial charge < -0.3 is 14.8 Å². The zero-order valence-corrected chi connectivity index (χ0v) is 15.8. The van der Waals surface area contributed by atoms with Gasteiger partial charge in [-0.15, -0.1) is 11.3 Å². The normalized spacial score (nSPS) is 17.6. The summed E-state index contributed by atoms with van der Waals surface area (Å²) in [5.41, 5.74) is 2.18. The molecule has 1 aromatic carbocycles. The number of nitrogens with zero attached hydrogens (tertiary/aromatic N) is 3. The zero-order valence-electron chi connectivity index (χ0n) is 15.0. The van der Waals surface area contributed by atoms with Gasteiger partial charge in [-0.05, 0) is 43.3 Å². The number of amides is 1. The van der Waals surface area contributed by atoms with Gasteiger partial charge in [0.1, 0.15) is 0 Å². The Hall–Kier alpha value is -2.34. The third-order valence-corrected chi connectivity index (χ3v) is 5.92. The Morgan fingerprint density at radius 2 is 2.19 bits per heavy atom. The van der Waals surface area contributed by atoms with Crippen molar-refractivity contribution in [3.05, 3.63) is 46.7 Å². The van der Waals surface area contributed by atoms with Gasteiger partial charge >= 0.3 is 0 Å². The van der Waals surface area contributed by atoms with Crippen LogP contribution in [-0.4, -0.2) is 28.5 Å². The first-order chi connectivity index (χ1) is 12.8. The lowest BCUT2D eigenvalue weighted by molar-refractivity contribution is -0.125. The molecule has 0 spiro atoms. The second-order valence-electron chi connectivity index (χ2n) is 6.73. The molecule has 0 radical (unpaired) electrons. The Labute approximate surface area is 157 Å². The summed E-state index contributed by atoms with van der Waals surface area (Å²) in [6.45, 7) is 5.34. The first-order valence-electron chi connectivity index (χ1n) is 9.26. The number of para-hydroxylation sites is 2. The monoisotopic (exact) mass is 368 g/mol. The van der Waals surface area contributed by atoms with Crippen molar-refractivity contribution >= 4 is 34.2 Å². The van der Waals surface area contributed by atoms with Gasteiger partial charge in [0.05, 0.1) is 23.5 Å². The molecule has 0 unspecified atom stereocenters. The average Bonchev–Trinajstić information content (AvgIpc) is 3.33. The van der Waals surface area contributed by atoms with Crippen molar-refractivity contribution in [1.82, 2.24) is 14.9 Å². The van der Waals surface area contributed by atoms with Gasteiger partial charge in [0.2, 0.25) is 11.9 Å². The summed E-state index contributed by atoms with van der Waals surface area (Å²) >= 11 is 1.68. The number of fused-ring (bicyclic) bond motifs is 1. The van der Waals surface area contributed by atoms with Crippen molar-refractivity contribution in [2.75, 3.05) is 18.0 Å². The SMILES string of the molecule is CCn1c(N2CCC[C@H](C(=O)NCc3cccs3)C2)nc2ccccc21. The minimum absolute atomic E-state index is 0.0221. The number of benzene rings is 1. The van der Waals surface area contributed by atoms with Gasteiger partial charge in [-0.1, -0.05) is 18.2 Å². The number of piperidine rings is 1. The molecule has 1 aliphatic rings. The summed E-state index contributed by atoms with van der Waals surface area (Å²) in [6, 6.07) is 12.3. The van der Waals surface area contributed by atoms with Gasteiger partial charge in [0.15, 0.2) is 0 Å². The molecule has 136 valence electrons. The molecule has 0 bridgehead atoms. The molecule has 3 aromatic rings. The molecule has 1 saturated heterocycles. The lowest BCUT2D eigenvalue weighted by atomic mass is 9.97. The second-order valence-corrected chi connectivity index (χ2v) is 7.76. The van der Waals surface area contributed by atoms with E-state index in [1.165, 1.54) is 4.88 Å². The number of carbonyl (C=O) groups is 1. The molecule has 0 aliphatic carbocycles. The highest BCUT2D eigenvalue weighted by Crippen LogP contribution is 2.27. The van der Waals surface area contributed by atoms with E-state index >= 15 is 0 Å². The summed E-state index contributed by atoms with van der Waals surface area (Å²) in [7, 11) is 0. The topological polar surface area (TPSA) is 50.2 Å². The maximum atomic E-state index is 12.6. The van der Waals surface area contributed by atoms with Crippen molar-refractivity contribution in [3.63, 3.8) is 0 Å². The summed E-state index contributed by atoms with van der Waals surface area (Å²) in [5.74, 6) is 1.17. The molecular formula is C20H24N4OS. The van der Waals surface area contributed by atoms with Crippen molar-refractivity contribution < 1.29 is 4.79 Å². The Kier molecular flexibility index (Phi) is 4.93. The Morgan fingerprint density at radius 3 is 3.00 bits per heavy atom. The lowest BCUT2D eigenvalue weighted by Crippen LogP contribution is -2.43. The second kappa shape index (κ2) is 7.50. The highest BCUT2D eigenvalue weighted by Gasteiger charge is 2.28. The molecule has 1 aliphatic heterocycles. The highest BCUT2D eigenvalue weighted by atomic mass is 32.1. The van der Waals surface area contributed by atoms with Gasteiger partial charge in [0, 0.05) is 24.5 Å². The maximum Gasteiger partial charge on any atom is 0.225 e. The van der Waals surface area contributed by atoms with Crippen LogP contribution in [0.3, 0.4) is 0 Å². The van der Waals surface area contributed by atoms with E-state index in [-0.39, 0.29) is 11.8 Å². The number of hydrogen-bond acceptors (Lipinski definition) is 4. The van der Waals surface area contributed by atoms with E-state index in [2.05, 4.69) is 46.0 Å². The standard InChI is InChI=1S/C20H24N4OS/c1-2-24-18-10-4-3-9-17(18)22-20(24)23-11-5-7-15(14-23)19(25)21-13-16-8-6-12-26-16/h3-4,6,8-10,12,15H,2,5,7,11,13-14H2,1H3,(H,21,25)/t15-/m0/s1. The number of aromatic nitrogens is 2. The molecule has 1 amide bonds. The van der Waals surface area contributed by atoms with E-state index < -0.39 is 0 Å². The van der Waals surface area contributed by atoms with Gasteiger partial charge in [-0.3, -0.25) is 4.79 Å². The summed E-state index contributed by atoms with van der Waals surface area (Å²) in [4.78, 5) is 21.0. The molecule has 0 saturated carbocycles. The molecule has 1 N–H and O–H groups in total. The van der Waals surface area contributed by atoms with E-state index in [4.69, 9.17) is 4.98 Å². The fourth-order valence-electron chi connectivity index (χ4n) is 3.72. The minimum Gasteiger partial charge on any atom is -0.351 e. The first kappa shape index (κ1) is 17.1. The van der Waals surface area contributed by atoms with E-state index in [0.29, 0.717) is 6.54 Å². The quantitative estimate of drug-likeness (QED) is 0.748. The first-order valence-corrected chi connectivity index (χ1v) is 10.1. The molecular weight excluding hydrogens is 344 g/mol. The third-order valence-electron chi connectivity index (χ3n) is 5.04. The number of imidazole rings is 1. The number of hydrogen-bond donors (Lipinski definition) is 1. The van der Waals surface area contributed by atoms with Gasteiger partial charge in [-0.25, -0.2) is 4.98 Å². The number of anilines is 1. The summed E-state index contributed by atoms with van der Waals surface area (Å²) < 4.78 is 2.25. The molecule has 2 aromatic heterocycles. The molecule has 1 fully saturated rings. The highest BCUT2D eigenvalue weighted by molar-refractivity contribution is 7.09.